The van der Waals surface area contributed by atoms with E-state index in [1.165, 1.54) is 0 Å². The zero-order valence-corrected chi connectivity index (χ0v) is 18.9. The van der Waals surface area contributed by atoms with Crippen LogP contribution >= 0.6 is 23.2 Å². The van der Waals surface area contributed by atoms with Gasteiger partial charge in [-0.2, -0.15) is 0 Å². The van der Waals surface area contributed by atoms with Crippen molar-refractivity contribution >= 4 is 35.0 Å². The normalized spacial score (nSPS) is 25.2. The molecule has 2 aromatic rings. The molecule has 6 heteroatoms. The van der Waals surface area contributed by atoms with Gasteiger partial charge in [0.15, 0.2) is 0 Å². The first kappa shape index (κ1) is 22.4. The highest BCUT2D eigenvalue weighted by atomic mass is 35.5. The van der Waals surface area contributed by atoms with Crippen molar-refractivity contribution in [1.29, 1.82) is 0 Å². The van der Waals surface area contributed by atoms with Crippen LogP contribution in [-0.4, -0.2) is 11.8 Å². The van der Waals surface area contributed by atoms with E-state index in [0.29, 0.717) is 16.5 Å². The van der Waals surface area contributed by atoms with Crippen molar-refractivity contribution in [1.82, 2.24) is 10.6 Å². The zero-order chi connectivity index (χ0) is 22.7. The van der Waals surface area contributed by atoms with Gasteiger partial charge in [0, 0.05) is 34.0 Å². The number of rotatable bonds is 5. The summed E-state index contributed by atoms with van der Waals surface area (Å²) < 4.78 is 0. The SMILES string of the molecule is C=CC1C=C(Cl)C=C(NC(=O)[C@@H]2[C@@H](c3ccccc3)NC(=O)C[C@H]2c2cccc(Cl)c2)C1. The number of nitrogens with one attached hydrogen (secondary N) is 2. The summed E-state index contributed by atoms with van der Waals surface area (Å²) in [6, 6.07) is 16.5. The van der Waals surface area contributed by atoms with Gasteiger partial charge in [-0.15, -0.1) is 6.58 Å². The second-order valence-electron chi connectivity index (χ2n) is 8.16. The van der Waals surface area contributed by atoms with Crippen LogP contribution in [0.1, 0.15) is 35.9 Å². The number of hydrogen-bond acceptors (Lipinski definition) is 2. The van der Waals surface area contributed by atoms with Crippen LogP contribution in [0.5, 0.6) is 0 Å². The maximum absolute atomic E-state index is 13.7. The number of halogens is 2. The van der Waals surface area contributed by atoms with Crippen LogP contribution in [0.25, 0.3) is 0 Å². The van der Waals surface area contributed by atoms with E-state index in [1.807, 2.05) is 60.7 Å². The molecular formula is C26H24Cl2N2O2. The predicted octanol–water partition coefficient (Wildman–Crippen LogP) is 5.63. The highest BCUT2D eigenvalue weighted by molar-refractivity contribution is 6.31. The standard InChI is InChI=1S/C26H24Cl2N2O2/c1-2-16-11-20(28)14-21(12-16)29-26(32)24-22(18-9-6-10-19(27)13-18)15-23(31)30-25(24)17-7-4-3-5-8-17/h2-11,13-14,16,22,24-25H,1,12,15H2,(H,29,32)(H,30,31)/t16?,22-,24-,25+/m0/s1. The molecular weight excluding hydrogens is 443 g/mol. The Hall–Kier alpha value is -2.82. The minimum Gasteiger partial charge on any atom is -0.348 e. The molecule has 32 heavy (non-hydrogen) atoms. The van der Waals surface area contributed by atoms with Gasteiger partial charge in [-0.1, -0.05) is 77.8 Å². The van der Waals surface area contributed by atoms with Gasteiger partial charge in [-0.3, -0.25) is 9.59 Å². The lowest BCUT2D eigenvalue weighted by Crippen LogP contribution is -2.49. The summed E-state index contributed by atoms with van der Waals surface area (Å²) in [6.07, 6.45) is 6.31. The number of allylic oxidation sites excluding steroid dienone is 5. The van der Waals surface area contributed by atoms with E-state index in [4.69, 9.17) is 23.2 Å². The molecule has 0 bridgehead atoms. The van der Waals surface area contributed by atoms with Crippen LogP contribution in [0.3, 0.4) is 0 Å². The first-order chi connectivity index (χ1) is 15.4. The number of piperidine rings is 1. The highest BCUT2D eigenvalue weighted by Gasteiger charge is 2.43. The lowest BCUT2D eigenvalue weighted by Gasteiger charge is -2.38. The van der Waals surface area contributed by atoms with Crippen LogP contribution in [0.2, 0.25) is 5.02 Å². The molecule has 2 amide bonds. The molecule has 1 fully saturated rings. The predicted molar refractivity (Wildman–Crippen MR) is 128 cm³/mol. The Kier molecular flexibility index (Phi) is 6.83. The summed E-state index contributed by atoms with van der Waals surface area (Å²) in [7, 11) is 0. The van der Waals surface area contributed by atoms with Gasteiger partial charge in [0.1, 0.15) is 0 Å². The van der Waals surface area contributed by atoms with Crippen molar-refractivity contribution < 1.29 is 9.59 Å². The van der Waals surface area contributed by atoms with E-state index in [0.717, 1.165) is 16.8 Å². The van der Waals surface area contributed by atoms with Crippen molar-refractivity contribution in [3.63, 3.8) is 0 Å². The molecule has 2 aliphatic rings. The summed E-state index contributed by atoms with van der Waals surface area (Å²) in [4.78, 5) is 26.4. The Morgan fingerprint density at radius 1 is 1.06 bits per heavy atom. The third kappa shape index (κ3) is 4.98. The quantitative estimate of drug-likeness (QED) is 0.560. The molecule has 0 saturated carbocycles. The van der Waals surface area contributed by atoms with E-state index in [9.17, 15) is 9.59 Å². The maximum atomic E-state index is 13.7. The number of benzene rings is 2. The smallest absolute Gasteiger partial charge is 0.230 e. The first-order valence-corrected chi connectivity index (χ1v) is 11.3. The van der Waals surface area contributed by atoms with Crippen LogP contribution < -0.4 is 10.6 Å². The minimum absolute atomic E-state index is 0.0579. The highest BCUT2D eigenvalue weighted by Crippen LogP contribution is 2.41. The molecule has 1 aliphatic carbocycles. The van der Waals surface area contributed by atoms with E-state index in [-0.39, 0.29) is 30.1 Å². The van der Waals surface area contributed by atoms with Crippen molar-refractivity contribution in [3.8, 4) is 0 Å². The number of amides is 2. The molecule has 1 saturated heterocycles. The van der Waals surface area contributed by atoms with Crippen LogP contribution in [0.15, 0.2) is 90.1 Å². The molecule has 4 rings (SSSR count). The van der Waals surface area contributed by atoms with Gasteiger partial charge in [-0.25, -0.2) is 0 Å². The monoisotopic (exact) mass is 466 g/mol. The molecule has 1 aliphatic heterocycles. The molecule has 4 atom stereocenters. The third-order valence-electron chi connectivity index (χ3n) is 5.98. The van der Waals surface area contributed by atoms with Crippen molar-refractivity contribution in [2.24, 2.45) is 11.8 Å². The fourth-order valence-electron chi connectivity index (χ4n) is 4.50. The molecule has 4 nitrogen and oxygen atoms in total. The Morgan fingerprint density at radius 2 is 1.81 bits per heavy atom. The lowest BCUT2D eigenvalue weighted by atomic mass is 9.73. The lowest BCUT2D eigenvalue weighted by molar-refractivity contribution is -0.132. The summed E-state index contributed by atoms with van der Waals surface area (Å²) in [5, 5.41) is 7.26. The van der Waals surface area contributed by atoms with Crippen molar-refractivity contribution in [2.75, 3.05) is 0 Å². The summed E-state index contributed by atoms with van der Waals surface area (Å²) in [6.45, 7) is 3.84. The van der Waals surface area contributed by atoms with Gasteiger partial charge in [-0.05, 0) is 35.8 Å². The van der Waals surface area contributed by atoms with E-state index in [2.05, 4.69) is 17.2 Å². The minimum atomic E-state index is -0.527. The van der Waals surface area contributed by atoms with Gasteiger partial charge in [0.05, 0.1) is 12.0 Å². The Morgan fingerprint density at radius 3 is 2.53 bits per heavy atom. The Bertz CT molecular complexity index is 1090. The largest absolute Gasteiger partial charge is 0.348 e. The van der Waals surface area contributed by atoms with Gasteiger partial charge in [0.2, 0.25) is 11.8 Å². The zero-order valence-electron chi connectivity index (χ0n) is 17.4. The van der Waals surface area contributed by atoms with Gasteiger partial charge < -0.3 is 10.6 Å². The topological polar surface area (TPSA) is 58.2 Å². The fraction of sp³-hybridized carbons (Fsp3) is 0.231. The van der Waals surface area contributed by atoms with Crippen LogP contribution in [-0.2, 0) is 9.59 Å². The molecule has 164 valence electrons. The number of hydrogen-bond donors (Lipinski definition) is 2. The van der Waals surface area contributed by atoms with Gasteiger partial charge >= 0.3 is 0 Å². The van der Waals surface area contributed by atoms with E-state index in [1.54, 1.807) is 12.1 Å². The second-order valence-corrected chi connectivity index (χ2v) is 9.03. The summed E-state index contributed by atoms with van der Waals surface area (Å²) in [5.74, 6) is -1.05. The summed E-state index contributed by atoms with van der Waals surface area (Å²) >= 11 is 12.5. The van der Waals surface area contributed by atoms with E-state index < -0.39 is 12.0 Å². The average molecular weight is 467 g/mol. The number of carbonyl (C=O) groups excluding carboxylic acids is 2. The second kappa shape index (κ2) is 9.76. The Balaban J connectivity index is 1.71. The molecule has 2 aromatic carbocycles. The molecule has 0 aromatic heterocycles. The molecule has 0 spiro atoms. The van der Waals surface area contributed by atoms with Crippen LogP contribution in [0, 0.1) is 11.8 Å². The van der Waals surface area contributed by atoms with Crippen molar-refractivity contribution in [2.45, 2.75) is 24.8 Å². The fourth-order valence-corrected chi connectivity index (χ4v) is 4.99. The van der Waals surface area contributed by atoms with Crippen molar-refractivity contribution in [3.05, 3.63) is 106 Å². The molecule has 0 radical (unpaired) electrons. The maximum Gasteiger partial charge on any atom is 0.230 e. The molecule has 2 N–H and O–H groups in total. The third-order valence-corrected chi connectivity index (χ3v) is 6.45. The molecule has 1 heterocycles. The van der Waals surface area contributed by atoms with Gasteiger partial charge in [0.25, 0.3) is 0 Å². The average Bonchev–Trinajstić information content (AvgIpc) is 2.78. The molecule has 1 unspecified atom stereocenters. The first-order valence-electron chi connectivity index (χ1n) is 10.6. The Labute approximate surface area is 198 Å². The van der Waals surface area contributed by atoms with Crippen LogP contribution in [0.4, 0.5) is 0 Å². The van der Waals surface area contributed by atoms with E-state index >= 15 is 0 Å². The summed E-state index contributed by atoms with van der Waals surface area (Å²) in [5.41, 5.74) is 2.49. The number of carbonyl (C=O) groups is 2.